The first kappa shape index (κ1) is 23.6. The van der Waals surface area contributed by atoms with Gasteiger partial charge in [-0.05, 0) is 38.7 Å². The number of hydrogen-bond acceptors (Lipinski definition) is 3. The van der Waals surface area contributed by atoms with Crippen molar-refractivity contribution in [3.8, 4) is 0 Å². The van der Waals surface area contributed by atoms with Gasteiger partial charge in [0, 0.05) is 12.8 Å². The molecular formula is C22H38O3. The third-order valence-corrected chi connectivity index (χ3v) is 4.11. The Bertz CT molecular complexity index is 383. The van der Waals surface area contributed by atoms with E-state index in [4.69, 9.17) is 4.74 Å². The highest BCUT2D eigenvalue weighted by Crippen LogP contribution is 2.10. The van der Waals surface area contributed by atoms with Crippen LogP contribution in [0.3, 0.4) is 0 Å². The lowest BCUT2D eigenvalue weighted by Gasteiger charge is -2.02. The number of hydrogen-bond donors (Lipinski definition) is 0. The van der Waals surface area contributed by atoms with Crippen LogP contribution in [0.5, 0.6) is 0 Å². The van der Waals surface area contributed by atoms with Crippen molar-refractivity contribution in [2.45, 2.75) is 97.3 Å². The molecule has 0 aromatic rings. The molecule has 0 saturated carbocycles. The van der Waals surface area contributed by atoms with Crippen LogP contribution < -0.4 is 0 Å². The van der Waals surface area contributed by atoms with Gasteiger partial charge < -0.3 is 4.74 Å². The average molecular weight is 351 g/mol. The lowest BCUT2D eigenvalue weighted by Crippen LogP contribution is -2.03. The van der Waals surface area contributed by atoms with Gasteiger partial charge >= 0.3 is 5.97 Å². The van der Waals surface area contributed by atoms with Crippen LogP contribution in [0.25, 0.3) is 0 Å². The van der Waals surface area contributed by atoms with Gasteiger partial charge in [0.1, 0.15) is 0 Å². The highest BCUT2D eigenvalue weighted by molar-refractivity contribution is 5.89. The maximum Gasteiger partial charge on any atom is 0.305 e. The fourth-order valence-corrected chi connectivity index (χ4v) is 2.62. The summed E-state index contributed by atoms with van der Waals surface area (Å²) in [7, 11) is 0. The molecule has 0 bridgehead atoms. The highest BCUT2D eigenvalue weighted by atomic mass is 16.5. The number of allylic oxidation sites excluding steroid dienone is 4. The lowest BCUT2D eigenvalue weighted by molar-refractivity contribution is -0.143. The molecule has 0 fully saturated rings. The van der Waals surface area contributed by atoms with Crippen LogP contribution in [0.1, 0.15) is 97.3 Å². The molecule has 25 heavy (non-hydrogen) atoms. The molecule has 144 valence electrons. The summed E-state index contributed by atoms with van der Waals surface area (Å²) in [6, 6.07) is 0. The van der Waals surface area contributed by atoms with Gasteiger partial charge in [-0.2, -0.15) is 0 Å². The van der Waals surface area contributed by atoms with E-state index < -0.39 is 0 Å². The van der Waals surface area contributed by atoms with E-state index in [1.807, 2.05) is 19.1 Å². The first-order chi connectivity index (χ1) is 12.2. The molecule has 0 aliphatic rings. The number of carbonyl (C=O) groups is 2. The Kier molecular flexibility index (Phi) is 17.9. The summed E-state index contributed by atoms with van der Waals surface area (Å²) in [5.41, 5.74) is 0. The Labute approximate surface area is 154 Å². The molecule has 0 spiro atoms. The minimum Gasteiger partial charge on any atom is -0.466 e. The van der Waals surface area contributed by atoms with Gasteiger partial charge in [-0.1, -0.05) is 70.1 Å². The molecule has 0 aromatic carbocycles. The Morgan fingerprint density at radius 1 is 0.760 bits per heavy atom. The molecule has 0 N–H and O–H groups in total. The quantitative estimate of drug-likeness (QED) is 0.133. The van der Waals surface area contributed by atoms with Gasteiger partial charge in [-0.3, -0.25) is 9.59 Å². The fourth-order valence-electron chi connectivity index (χ4n) is 2.62. The summed E-state index contributed by atoms with van der Waals surface area (Å²) in [5.74, 6) is 0.150. The van der Waals surface area contributed by atoms with Gasteiger partial charge in [-0.15, -0.1) is 0 Å². The van der Waals surface area contributed by atoms with E-state index in [-0.39, 0.29) is 11.8 Å². The van der Waals surface area contributed by atoms with Crippen molar-refractivity contribution in [1.29, 1.82) is 0 Å². The number of unbranched alkanes of at least 4 members (excludes halogenated alkanes) is 9. The molecule has 0 aliphatic carbocycles. The van der Waals surface area contributed by atoms with Crippen LogP contribution in [-0.2, 0) is 14.3 Å². The van der Waals surface area contributed by atoms with Crippen LogP contribution in [0.4, 0.5) is 0 Å². The molecule has 0 aromatic heterocycles. The van der Waals surface area contributed by atoms with Crippen LogP contribution in [-0.4, -0.2) is 18.4 Å². The maximum atomic E-state index is 11.7. The van der Waals surface area contributed by atoms with E-state index in [9.17, 15) is 9.59 Å². The molecule has 0 amide bonds. The summed E-state index contributed by atoms with van der Waals surface area (Å²) in [5, 5.41) is 0. The van der Waals surface area contributed by atoms with Crippen molar-refractivity contribution in [3.05, 3.63) is 24.3 Å². The van der Waals surface area contributed by atoms with E-state index in [1.165, 1.54) is 32.1 Å². The lowest BCUT2D eigenvalue weighted by atomic mass is 10.1. The molecule has 3 heteroatoms. The van der Waals surface area contributed by atoms with Crippen LogP contribution in [0.2, 0.25) is 0 Å². The van der Waals surface area contributed by atoms with Gasteiger partial charge in [0.2, 0.25) is 0 Å². The van der Waals surface area contributed by atoms with E-state index in [1.54, 1.807) is 6.08 Å². The van der Waals surface area contributed by atoms with Crippen molar-refractivity contribution in [1.82, 2.24) is 0 Å². The topological polar surface area (TPSA) is 43.4 Å². The van der Waals surface area contributed by atoms with E-state index >= 15 is 0 Å². The summed E-state index contributed by atoms with van der Waals surface area (Å²) in [4.78, 5) is 22.9. The molecule has 0 heterocycles. The first-order valence-corrected chi connectivity index (χ1v) is 10.2. The Morgan fingerprint density at radius 2 is 1.40 bits per heavy atom. The minimum atomic E-state index is -0.0788. The first-order valence-electron chi connectivity index (χ1n) is 10.2. The number of esters is 1. The highest BCUT2D eigenvalue weighted by Gasteiger charge is 2.01. The van der Waals surface area contributed by atoms with Crippen molar-refractivity contribution < 1.29 is 14.3 Å². The Hall–Kier alpha value is -1.38. The standard InChI is InChI=1S/C22H38O3/c1-3-5-6-7-9-12-15-18-21(23)19-16-13-10-8-11-14-17-20-22(24)25-4-2/h9,12,15,18H,3-8,10-11,13-14,16-17,19-20H2,1-2H3. The zero-order valence-corrected chi connectivity index (χ0v) is 16.4. The van der Waals surface area contributed by atoms with E-state index in [0.29, 0.717) is 19.4 Å². The maximum absolute atomic E-state index is 11.7. The number of ketones is 1. The third-order valence-electron chi connectivity index (χ3n) is 4.11. The molecule has 3 nitrogen and oxygen atoms in total. The monoisotopic (exact) mass is 350 g/mol. The zero-order chi connectivity index (χ0) is 18.6. The number of carbonyl (C=O) groups excluding carboxylic acids is 2. The number of rotatable bonds is 17. The minimum absolute atomic E-state index is 0.0788. The second kappa shape index (κ2) is 19.0. The second-order valence-corrected chi connectivity index (χ2v) is 6.53. The average Bonchev–Trinajstić information content (AvgIpc) is 2.59. The molecule has 0 radical (unpaired) electrons. The van der Waals surface area contributed by atoms with Crippen LogP contribution in [0.15, 0.2) is 24.3 Å². The van der Waals surface area contributed by atoms with Crippen LogP contribution >= 0.6 is 0 Å². The fraction of sp³-hybridized carbons (Fsp3) is 0.727. The smallest absolute Gasteiger partial charge is 0.305 e. The van der Waals surface area contributed by atoms with Gasteiger partial charge in [0.05, 0.1) is 6.61 Å². The van der Waals surface area contributed by atoms with E-state index in [2.05, 4.69) is 13.0 Å². The van der Waals surface area contributed by atoms with Crippen molar-refractivity contribution in [2.24, 2.45) is 0 Å². The van der Waals surface area contributed by atoms with Crippen molar-refractivity contribution >= 4 is 11.8 Å². The van der Waals surface area contributed by atoms with Gasteiger partial charge in [-0.25, -0.2) is 0 Å². The molecule has 0 rings (SSSR count). The predicted molar refractivity (Wildman–Crippen MR) is 106 cm³/mol. The summed E-state index contributed by atoms with van der Waals surface area (Å²) >= 11 is 0. The van der Waals surface area contributed by atoms with Crippen LogP contribution in [0, 0.1) is 0 Å². The van der Waals surface area contributed by atoms with Crippen molar-refractivity contribution in [2.75, 3.05) is 6.61 Å². The summed E-state index contributed by atoms with van der Waals surface area (Å²) < 4.78 is 4.90. The zero-order valence-electron chi connectivity index (χ0n) is 16.4. The molecule has 0 unspecified atom stereocenters. The second-order valence-electron chi connectivity index (χ2n) is 6.53. The van der Waals surface area contributed by atoms with Gasteiger partial charge in [0.25, 0.3) is 0 Å². The third kappa shape index (κ3) is 18.8. The molecule has 0 aliphatic heterocycles. The SMILES string of the molecule is CCCCCC=CC=CC(=O)CCCCCCCCCC(=O)OCC. The molecule has 0 saturated heterocycles. The Morgan fingerprint density at radius 3 is 2.04 bits per heavy atom. The normalized spacial score (nSPS) is 11.4. The summed E-state index contributed by atoms with van der Waals surface area (Å²) in [6.45, 7) is 4.51. The molecule has 0 atom stereocenters. The van der Waals surface area contributed by atoms with Crippen molar-refractivity contribution in [3.63, 3.8) is 0 Å². The Balaban J connectivity index is 3.38. The number of ether oxygens (including phenoxy) is 1. The summed E-state index contributed by atoms with van der Waals surface area (Å²) in [6.07, 6.45) is 21.4. The van der Waals surface area contributed by atoms with Gasteiger partial charge in [0.15, 0.2) is 5.78 Å². The largest absolute Gasteiger partial charge is 0.466 e. The predicted octanol–water partition coefficient (Wildman–Crippen LogP) is 6.32. The van der Waals surface area contributed by atoms with E-state index in [0.717, 1.165) is 38.5 Å². The molecular weight excluding hydrogens is 312 g/mol.